The summed E-state index contributed by atoms with van der Waals surface area (Å²) < 4.78 is 10.9. The van der Waals surface area contributed by atoms with Crippen molar-refractivity contribution in [1.82, 2.24) is 5.43 Å². The van der Waals surface area contributed by atoms with Gasteiger partial charge in [0.1, 0.15) is 25.4 Å². The molecular weight excluding hydrogens is 282 g/mol. The average molecular weight is 306 g/mol. The van der Waals surface area contributed by atoms with Gasteiger partial charge in [0, 0.05) is 12.5 Å². The lowest BCUT2D eigenvalue weighted by Gasteiger charge is -2.24. The van der Waals surface area contributed by atoms with E-state index in [4.69, 9.17) is 9.47 Å². The van der Waals surface area contributed by atoms with Gasteiger partial charge in [0.15, 0.2) is 0 Å². The lowest BCUT2D eigenvalue weighted by atomic mass is 10.1. The molecule has 2 N–H and O–H groups in total. The van der Waals surface area contributed by atoms with E-state index in [9.17, 15) is 4.79 Å². The molecule has 1 heterocycles. The van der Waals surface area contributed by atoms with E-state index in [0.717, 1.165) is 55.4 Å². The first-order valence-corrected chi connectivity index (χ1v) is 7.49. The van der Waals surface area contributed by atoms with E-state index in [2.05, 4.69) is 16.6 Å². The molecule has 2 rings (SSSR count). The zero-order valence-electron chi connectivity index (χ0n) is 13.4. The highest BCUT2D eigenvalue weighted by Gasteiger charge is 2.17. The second-order valence-electron chi connectivity index (χ2n) is 5.43. The Labute approximate surface area is 131 Å². The number of methoxy groups -OCH3 is 1. The molecule has 0 unspecified atom stereocenters. The molecule has 0 radical (unpaired) electrons. The topological polar surface area (TPSA) is 64.4 Å². The van der Waals surface area contributed by atoms with Crippen LogP contribution in [0.2, 0.25) is 0 Å². The van der Waals surface area contributed by atoms with Crippen LogP contribution in [-0.4, -0.2) is 45.0 Å². The number of carbonyl (C=O) groups excluding carboxylic acids is 1. The van der Waals surface area contributed by atoms with Crippen molar-refractivity contribution < 1.29 is 19.2 Å². The van der Waals surface area contributed by atoms with Crippen LogP contribution in [-0.2, 0) is 16.1 Å². The van der Waals surface area contributed by atoms with Crippen LogP contribution in [0.5, 0.6) is 5.75 Å². The first kappa shape index (κ1) is 16.5. The van der Waals surface area contributed by atoms with E-state index in [1.165, 1.54) is 11.8 Å². The molecule has 1 fully saturated rings. The molecule has 1 aliphatic heterocycles. The molecule has 0 aromatic heterocycles. The molecule has 1 aromatic carbocycles. The number of carbonyl (C=O) groups is 1. The number of rotatable bonds is 5. The van der Waals surface area contributed by atoms with E-state index in [1.807, 2.05) is 19.1 Å². The maximum atomic E-state index is 11.0. The lowest BCUT2D eigenvalue weighted by Crippen LogP contribution is -3.12. The Morgan fingerprint density at radius 1 is 1.36 bits per heavy atom. The molecular formula is C16H24N3O3+. The van der Waals surface area contributed by atoms with Crippen molar-refractivity contribution in [1.29, 1.82) is 0 Å². The molecule has 1 saturated heterocycles. The summed E-state index contributed by atoms with van der Waals surface area (Å²) >= 11 is 0. The summed E-state index contributed by atoms with van der Waals surface area (Å²) in [5.74, 6) is 0.709. The van der Waals surface area contributed by atoms with Gasteiger partial charge in [0.2, 0.25) is 5.91 Å². The number of nitrogens with zero attached hydrogens (tertiary/aromatic N) is 1. The lowest BCUT2D eigenvalue weighted by molar-refractivity contribution is -0.921. The van der Waals surface area contributed by atoms with Crippen LogP contribution in [0.1, 0.15) is 25.0 Å². The third-order valence-electron chi connectivity index (χ3n) is 3.72. The zero-order chi connectivity index (χ0) is 15.9. The molecule has 6 heteroatoms. The fourth-order valence-corrected chi connectivity index (χ4v) is 2.48. The van der Waals surface area contributed by atoms with Gasteiger partial charge in [0.05, 0.1) is 26.0 Å². The van der Waals surface area contributed by atoms with Crippen LogP contribution in [0.25, 0.3) is 0 Å². The van der Waals surface area contributed by atoms with Crippen molar-refractivity contribution in [2.24, 2.45) is 5.10 Å². The summed E-state index contributed by atoms with van der Waals surface area (Å²) in [6.45, 7) is 7.84. The van der Waals surface area contributed by atoms with Crippen LogP contribution < -0.4 is 15.1 Å². The van der Waals surface area contributed by atoms with Crippen LogP contribution >= 0.6 is 0 Å². The predicted molar refractivity (Wildman–Crippen MR) is 84.2 cm³/mol. The van der Waals surface area contributed by atoms with Gasteiger partial charge in [-0.15, -0.1) is 0 Å². The first-order valence-electron chi connectivity index (χ1n) is 7.49. The van der Waals surface area contributed by atoms with Crippen molar-refractivity contribution in [2.75, 3.05) is 33.4 Å². The fraction of sp³-hybridized carbons (Fsp3) is 0.500. The maximum absolute atomic E-state index is 11.0. The Morgan fingerprint density at radius 2 is 2.09 bits per heavy atom. The third-order valence-corrected chi connectivity index (χ3v) is 3.72. The minimum absolute atomic E-state index is 0.175. The summed E-state index contributed by atoms with van der Waals surface area (Å²) in [4.78, 5) is 12.4. The van der Waals surface area contributed by atoms with Crippen molar-refractivity contribution in [3.05, 3.63) is 29.3 Å². The van der Waals surface area contributed by atoms with E-state index >= 15 is 0 Å². The maximum Gasteiger partial charge on any atom is 0.236 e. The Kier molecular flexibility index (Phi) is 5.91. The highest BCUT2D eigenvalue weighted by atomic mass is 16.5. The number of nitrogens with one attached hydrogen (secondary N) is 2. The minimum Gasteiger partial charge on any atom is -0.496 e. The first-order chi connectivity index (χ1) is 10.6. The van der Waals surface area contributed by atoms with E-state index in [-0.39, 0.29) is 5.91 Å². The summed E-state index contributed by atoms with van der Waals surface area (Å²) in [5.41, 5.74) is 5.37. The van der Waals surface area contributed by atoms with Crippen molar-refractivity contribution in [3.8, 4) is 5.75 Å². The molecule has 22 heavy (non-hydrogen) atoms. The number of ether oxygens (including phenoxy) is 2. The predicted octanol–water partition coefficient (Wildman–Crippen LogP) is -0.0296. The smallest absolute Gasteiger partial charge is 0.236 e. The molecule has 6 nitrogen and oxygen atoms in total. The van der Waals surface area contributed by atoms with Gasteiger partial charge in [-0.3, -0.25) is 4.79 Å². The van der Waals surface area contributed by atoms with Crippen LogP contribution in [0.4, 0.5) is 0 Å². The highest BCUT2D eigenvalue weighted by molar-refractivity contribution is 5.99. The summed E-state index contributed by atoms with van der Waals surface area (Å²) in [5, 5.41) is 4.09. The number of hydrazone groups is 1. The van der Waals surface area contributed by atoms with Gasteiger partial charge in [0.25, 0.3) is 0 Å². The second kappa shape index (κ2) is 7.91. The van der Waals surface area contributed by atoms with Crippen LogP contribution in [0.15, 0.2) is 23.3 Å². The quantitative estimate of drug-likeness (QED) is 0.593. The van der Waals surface area contributed by atoms with Crippen molar-refractivity contribution >= 4 is 11.6 Å². The van der Waals surface area contributed by atoms with Crippen molar-refractivity contribution in [2.45, 2.75) is 20.4 Å². The highest BCUT2D eigenvalue weighted by Crippen LogP contribution is 2.19. The van der Waals surface area contributed by atoms with Crippen LogP contribution in [0.3, 0.4) is 0 Å². The van der Waals surface area contributed by atoms with Gasteiger partial charge >= 0.3 is 0 Å². The van der Waals surface area contributed by atoms with Gasteiger partial charge in [-0.25, -0.2) is 5.43 Å². The average Bonchev–Trinajstić information content (AvgIpc) is 2.53. The summed E-state index contributed by atoms with van der Waals surface area (Å²) in [6, 6.07) is 6.00. The SMILES string of the molecule is COc1ccc(/C(C)=N\NC(C)=O)cc1C[NH+]1CCOCC1. The molecule has 0 spiro atoms. The van der Waals surface area contributed by atoms with Crippen LogP contribution in [0, 0.1) is 0 Å². The van der Waals surface area contributed by atoms with E-state index < -0.39 is 0 Å². The Hall–Kier alpha value is -1.92. The Morgan fingerprint density at radius 3 is 2.73 bits per heavy atom. The van der Waals surface area contributed by atoms with Gasteiger partial charge < -0.3 is 14.4 Å². The summed E-state index contributed by atoms with van der Waals surface area (Å²) in [6.07, 6.45) is 0. The number of hydrogen-bond donors (Lipinski definition) is 2. The van der Waals surface area contributed by atoms with Gasteiger partial charge in [-0.2, -0.15) is 5.10 Å². The third kappa shape index (κ3) is 4.54. The van der Waals surface area contributed by atoms with Crippen molar-refractivity contribution in [3.63, 3.8) is 0 Å². The van der Waals surface area contributed by atoms with E-state index in [1.54, 1.807) is 7.11 Å². The summed E-state index contributed by atoms with van der Waals surface area (Å²) in [7, 11) is 1.69. The number of quaternary nitrogens is 1. The largest absolute Gasteiger partial charge is 0.496 e. The second-order valence-corrected chi connectivity index (χ2v) is 5.43. The van der Waals surface area contributed by atoms with Gasteiger partial charge in [-0.05, 0) is 30.7 Å². The molecule has 0 atom stereocenters. The molecule has 1 aromatic rings. The Bertz CT molecular complexity index is 552. The number of morpholine rings is 1. The Balaban J connectivity index is 2.17. The number of amides is 1. The normalized spacial score (nSPS) is 16.4. The fourth-order valence-electron chi connectivity index (χ4n) is 2.48. The monoisotopic (exact) mass is 306 g/mol. The zero-order valence-corrected chi connectivity index (χ0v) is 13.4. The van der Waals surface area contributed by atoms with Gasteiger partial charge in [-0.1, -0.05) is 0 Å². The molecule has 120 valence electrons. The molecule has 1 amide bonds. The number of hydrogen-bond acceptors (Lipinski definition) is 4. The standard InChI is InChI=1S/C16H23N3O3/c1-12(17-18-13(2)20)14-4-5-16(21-3)15(10-14)11-19-6-8-22-9-7-19/h4-5,10H,6-9,11H2,1-3H3,(H,18,20)/p+1/b17-12-. The number of benzene rings is 1. The molecule has 0 bridgehead atoms. The molecule has 1 aliphatic rings. The van der Waals surface area contributed by atoms with E-state index in [0.29, 0.717) is 0 Å². The molecule has 0 aliphatic carbocycles. The minimum atomic E-state index is -0.175. The molecule has 0 saturated carbocycles.